The van der Waals surface area contributed by atoms with Crippen LogP contribution in [0.2, 0.25) is 0 Å². The molecule has 3 saturated heterocycles. The van der Waals surface area contributed by atoms with E-state index in [1.165, 1.54) is 4.68 Å². The highest BCUT2D eigenvalue weighted by molar-refractivity contribution is 6.08. The fourth-order valence-corrected chi connectivity index (χ4v) is 5.11. The molecule has 1 atom stereocenters. The van der Waals surface area contributed by atoms with Gasteiger partial charge in [0.15, 0.2) is 5.78 Å². The van der Waals surface area contributed by atoms with Gasteiger partial charge in [0.05, 0.1) is 11.9 Å². The molecule has 0 unspecified atom stereocenters. The van der Waals surface area contributed by atoms with E-state index in [0.29, 0.717) is 47.9 Å². The van der Waals surface area contributed by atoms with Gasteiger partial charge in [-0.3, -0.25) is 14.4 Å². The Labute approximate surface area is 211 Å². The SMILES string of the molecule is CCCNC(=O)Cc1ccc2c(c1)c(C(=O)C[C@H]1CN3CCC1CC3)nn2C(=O)NCCC.O=CO. The van der Waals surface area contributed by atoms with Crippen LogP contribution in [-0.4, -0.2) is 76.7 Å². The Morgan fingerprint density at radius 1 is 1.11 bits per heavy atom. The Morgan fingerprint density at radius 2 is 1.78 bits per heavy atom. The van der Waals surface area contributed by atoms with E-state index in [2.05, 4.69) is 20.6 Å². The summed E-state index contributed by atoms with van der Waals surface area (Å²) in [6.07, 6.45) is 4.69. The van der Waals surface area contributed by atoms with Gasteiger partial charge >= 0.3 is 6.03 Å². The maximum atomic E-state index is 13.4. The molecule has 1 aromatic heterocycles. The molecule has 4 heterocycles. The van der Waals surface area contributed by atoms with Gasteiger partial charge in [0.25, 0.3) is 6.47 Å². The topological polar surface area (TPSA) is 134 Å². The lowest BCUT2D eigenvalue weighted by Gasteiger charge is -2.44. The van der Waals surface area contributed by atoms with Gasteiger partial charge in [0.1, 0.15) is 5.69 Å². The van der Waals surface area contributed by atoms with Crippen LogP contribution < -0.4 is 10.6 Å². The van der Waals surface area contributed by atoms with E-state index in [-0.39, 0.29) is 30.6 Å². The van der Waals surface area contributed by atoms with Gasteiger partial charge in [-0.05, 0) is 68.3 Å². The zero-order chi connectivity index (χ0) is 26.1. The van der Waals surface area contributed by atoms with Crippen LogP contribution in [0.4, 0.5) is 4.79 Å². The van der Waals surface area contributed by atoms with E-state index in [0.717, 1.165) is 50.9 Å². The van der Waals surface area contributed by atoms with Gasteiger partial charge in [0, 0.05) is 31.4 Å². The third-order valence-corrected chi connectivity index (χ3v) is 6.90. The number of piperidine rings is 3. The van der Waals surface area contributed by atoms with Gasteiger partial charge in [-0.1, -0.05) is 19.9 Å². The standard InChI is InChI=1S/C25H35N5O3.CH2O2/c1-3-9-26-23(32)14-17-5-6-21-20(13-17)24(28-30(21)25(33)27-10-4-2)22(31)15-19-16-29-11-7-18(19)8-12-29;2-1-3/h5-6,13,18-19H,3-4,7-12,14-16H2,1-2H3,(H,26,32)(H,27,33);1H,(H,2,3)/t19-;/m0./s1. The molecule has 0 spiro atoms. The van der Waals surface area contributed by atoms with Crippen molar-refractivity contribution in [3.05, 3.63) is 29.5 Å². The smallest absolute Gasteiger partial charge is 0.342 e. The number of ketones is 1. The molecule has 3 aliphatic heterocycles. The van der Waals surface area contributed by atoms with Crippen molar-refractivity contribution in [3.63, 3.8) is 0 Å². The number of fused-ring (bicyclic) bond motifs is 4. The van der Waals surface area contributed by atoms with Gasteiger partial charge in [-0.2, -0.15) is 9.78 Å². The van der Waals surface area contributed by atoms with Crippen LogP contribution >= 0.6 is 0 Å². The molecule has 0 radical (unpaired) electrons. The number of benzene rings is 1. The van der Waals surface area contributed by atoms with E-state index < -0.39 is 0 Å². The maximum Gasteiger partial charge on any atom is 0.342 e. The quantitative estimate of drug-likeness (QED) is 0.357. The van der Waals surface area contributed by atoms with Crippen molar-refractivity contribution in [3.8, 4) is 0 Å². The number of carboxylic acid groups (broad SMARTS) is 1. The van der Waals surface area contributed by atoms with Crippen LogP contribution in [0.15, 0.2) is 18.2 Å². The summed E-state index contributed by atoms with van der Waals surface area (Å²) in [6.45, 7) is 8.16. The summed E-state index contributed by atoms with van der Waals surface area (Å²) >= 11 is 0. The number of carbonyl (C=O) groups excluding carboxylic acids is 3. The Balaban J connectivity index is 0.00000115. The van der Waals surface area contributed by atoms with Crippen molar-refractivity contribution in [1.82, 2.24) is 25.3 Å². The molecular weight excluding hydrogens is 462 g/mol. The second-order valence-electron chi connectivity index (χ2n) is 9.50. The van der Waals surface area contributed by atoms with Crippen LogP contribution in [0.5, 0.6) is 0 Å². The number of rotatable bonds is 9. The fourth-order valence-electron chi connectivity index (χ4n) is 5.11. The van der Waals surface area contributed by atoms with E-state index in [1.54, 1.807) is 6.07 Å². The van der Waals surface area contributed by atoms with Crippen molar-refractivity contribution >= 4 is 35.1 Å². The molecule has 2 bridgehead atoms. The average molecular weight is 500 g/mol. The van der Waals surface area contributed by atoms with Gasteiger partial charge in [-0.25, -0.2) is 4.79 Å². The first-order valence-electron chi connectivity index (χ1n) is 12.8. The Kier molecular flexibility index (Phi) is 9.98. The van der Waals surface area contributed by atoms with Crippen molar-refractivity contribution in [2.24, 2.45) is 11.8 Å². The molecule has 1 aromatic carbocycles. The molecule has 3 aliphatic rings. The van der Waals surface area contributed by atoms with Gasteiger partial charge in [-0.15, -0.1) is 0 Å². The molecule has 196 valence electrons. The molecule has 5 rings (SSSR count). The van der Waals surface area contributed by atoms with Crippen LogP contribution in [0, 0.1) is 11.8 Å². The summed E-state index contributed by atoms with van der Waals surface area (Å²) < 4.78 is 1.30. The van der Waals surface area contributed by atoms with Gasteiger partial charge < -0.3 is 20.6 Å². The second kappa shape index (κ2) is 13.2. The molecule has 2 aromatic rings. The van der Waals surface area contributed by atoms with E-state index in [4.69, 9.17) is 9.90 Å². The van der Waals surface area contributed by atoms with E-state index >= 15 is 0 Å². The molecule has 10 nitrogen and oxygen atoms in total. The predicted octanol–water partition coefficient (Wildman–Crippen LogP) is 2.69. The van der Waals surface area contributed by atoms with E-state index in [9.17, 15) is 14.4 Å². The first-order chi connectivity index (χ1) is 17.4. The molecule has 3 fully saturated rings. The van der Waals surface area contributed by atoms with Crippen LogP contribution in [0.3, 0.4) is 0 Å². The summed E-state index contributed by atoms with van der Waals surface area (Å²) in [5, 5.41) is 17.7. The molecule has 2 amide bonds. The number of carbonyl (C=O) groups is 4. The monoisotopic (exact) mass is 499 g/mol. The molecule has 10 heteroatoms. The number of aromatic nitrogens is 2. The Hall–Kier alpha value is -3.27. The molecule has 0 saturated carbocycles. The number of nitrogens with zero attached hydrogens (tertiary/aromatic N) is 3. The number of Topliss-reactive ketones (excluding diaryl/α,β-unsaturated/α-hetero) is 1. The normalized spacial score (nSPS) is 20.3. The lowest BCUT2D eigenvalue weighted by Crippen LogP contribution is -2.47. The second-order valence-corrected chi connectivity index (χ2v) is 9.50. The zero-order valence-electron chi connectivity index (χ0n) is 21.2. The summed E-state index contributed by atoms with van der Waals surface area (Å²) in [7, 11) is 0. The van der Waals surface area contributed by atoms with Crippen molar-refractivity contribution in [1.29, 1.82) is 0 Å². The molecular formula is C26H37N5O5. The minimum atomic E-state index is -0.336. The van der Waals surface area contributed by atoms with Crippen molar-refractivity contribution in [2.75, 3.05) is 32.7 Å². The number of hydrogen-bond donors (Lipinski definition) is 3. The number of nitrogens with one attached hydrogen (secondary N) is 2. The summed E-state index contributed by atoms with van der Waals surface area (Å²) in [5.74, 6) is 0.868. The minimum absolute atomic E-state index is 0.0200. The summed E-state index contributed by atoms with van der Waals surface area (Å²) in [5.41, 5.74) is 1.74. The Morgan fingerprint density at radius 3 is 2.39 bits per heavy atom. The zero-order valence-corrected chi connectivity index (χ0v) is 21.2. The largest absolute Gasteiger partial charge is 0.483 e. The fraction of sp³-hybridized carbons (Fsp3) is 0.577. The minimum Gasteiger partial charge on any atom is -0.483 e. The van der Waals surface area contributed by atoms with Crippen molar-refractivity contribution < 1.29 is 24.3 Å². The summed E-state index contributed by atoms with van der Waals surface area (Å²) in [4.78, 5) is 49.2. The highest BCUT2D eigenvalue weighted by Crippen LogP contribution is 2.35. The van der Waals surface area contributed by atoms with Crippen LogP contribution in [-0.2, 0) is 16.0 Å². The van der Waals surface area contributed by atoms with Crippen LogP contribution in [0.25, 0.3) is 10.9 Å². The number of amides is 2. The van der Waals surface area contributed by atoms with Crippen LogP contribution in [0.1, 0.15) is 62.0 Å². The highest BCUT2D eigenvalue weighted by Gasteiger charge is 2.36. The average Bonchev–Trinajstić information content (AvgIpc) is 3.26. The maximum absolute atomic E-state index is 13.4. The molecule has 0 aliphatic carbocycles. The van der Waals surface area contributed by atoms with E-state index in [1.807, 2.05) is 26.0 Å². The third kappa shape index (κ3) is 6.69. The summed E-state index contributed by atoms with van der Waals surface area (Å²) in [6, 6.07) is 5.14. The first kappa shape index (κ1) is 27.3. The highest BCUT2D eigenvalue weighted by atomic mass is 16.3. The first-order valence-corrected chi connectivity index (χ1v) is 12.8. The lowest BCUT2D eigenvalue weighted by atomic mass is 9.76. The number of hydrogen-bond acceptors (Lipinski definition) is 6. The lowest BCUT2D eigenvalue weighted by molar-refractivity contribution is -0.123. The molecule has 3 N–H and O–H groups in total. The molecule has 36 heavy (non-hydrogen) atoms. The third-order valence-electron chi connectivity index (χ3n) is 6.90. The Bertz CT molecular complexity index is 1070. The van der Waals surface area contributed by atoms with Crippen molar-refractivity contribution in [2.45, 2.75) is 52.4 Å². The predicted molar refractivity (Wildman–Crippen MR) is 136 cm³/mol. The van der Waals surface area contributed by atoms with Gasteiger partial charge in [0.2, 0.25) is 5.91 Å².